The number of benzene rings is 1. The molecule has 1 aliphatic heterocycles. The van der Waals surface area contributed by atoms with E-state index in [2.05, 4.69) is 50.4 Å². The van der Waals surface area contributed by atoms with E-state index in [1.807, 2.05) is 0 Å². The number of nitrogens with one attached hydrogen (secondary N) is 1. The van der Waals surface area contributed by atoms with Crippen LogP contribution in [0, 0.1) is 5.92 Å². The minimum atomic E-state index is 0.265. The Labute approximate surface area is 117 Å². The smallest absolute Gasteiger partial charge is 0.0842 e. The minimum Gasteiger partial charge on any atom is -0.373 e. The van der Waals surface area contributed by atoms with Gasteiger partial charge in [-0.25, -0.2) is 0 Å². The van der Waals surface area contributed by atoms with E-state index < -0.39 is 0 Å². The van der Waals surface area contributed by atoms with Crippen LogP contribution in [-0.4, -0.2) is 19.2 Å². The third-order valence-electron chi connectivity index (χ3n) is 4.02. The van der Waals surface area contributed by atoms with Gasteiger partial charge < -0.3 is 10.1 Å². The van der Waals surface area contributed by atoms with Crippen LogP contribution in [0.3, 0.4) is 0 Å². The lowest BCUT2D eigenvalue weighted by Crippen LogP contribution is -2.37. The number of fused-ring (bicyclic) bond motifs is 1. The predicted octanol–water partition coefficient (Wildman–Crippen LogP) is 3.71. The molecular weight excluding hydrogens is 234 g/mol. The Morgan fingerprint density at radius 1 is 1.32 bits per heavy atom. The van der Waals surface area contributed by atoms with E-state index in [9.17, 15) is 0 Å². The molecule has 0 aliphatic carbocycles. The first-order chi connectivity index (χ1) is 9.22. The lowest BCUT2D eigenvalue weighted by molar-refractivity contribution is 0.0258. The second-order valence-electron chi connectivity index (χ2n) is 5.85. The molecule has 0 spiro atoms. The standard InChI is InChI=1S/C17H27NO/c1-4-10-18-16(13(2)3)12-17-15-8-6-5-7-14(15)9-11-19-17/h5-8,13,16-18H,4,9-12H2,1-3H3. The molecule has 1 aromatic rings. The van der Waals surface area contributed by atoms with Gasteiger partial charge in [-0.1, -0.05) is 45.0 Å². The Hall–Kier alpha value is -0.860. The van der Waals surface area contributed by atoms with Gasteiger partial charge in [-0.15, -0.1) is 0 Å². The Bertz CT molecular complexity index is 389. The zero-order valence-electron chi connectivity index (χ0n) is 12.5. The molecule has 0 radical (unpaired) electrons. The molecule has 2 rings (SSSR count). The highest BCUT2D eigenvalue weighted by Crippen LogP contribution is 2.31. The van der Waals surface area contributed by atoms with Crippen LogP contribution in [0.15, 0.2) is 24.3 Å². The fourth-order valence-corrected chi connectivity index (χ4v) is 2.82. The molecule has 1 aromatic carbocycles. The summed E-state index contributed by atoms with van der Waals surface area (Å²) in [5, 5.41) is 3.67. The molecule has 106 valence electrons. The predicted molar refractivity (Wildman–Crippen MR) is 80.4 cm³/mol. The van der Waals surface area contributed by atoms with Gasteiger partial charge in [0.25, 0.3) is 0 Å². The SMILES string of the molecule is CCCNC(CC1OCCc2ccccc21)C(C)C. The van der Waals surface area contributed by atoms with Gasteiger partial charge in [0.2, 0.25) is 0 Å². The van der Waals surface area contributed by atoms with E-state index in [-0.39, 0.29) is 6.10 Å². The first-order valence-electron chi connectivity index (χ1n) is 7.65. The molecule has 0 saturated carbocycles. The summed E-state index contributed by atoms with van der Waals surface area (Å²) >= 11 is 0. The molecule has 0 aromatic heterocycles. The van der Waals surface area contributed by atoms with E-state index >= 15 is 0 Å². The van der Waals surface area contributed by atoms with E-state index in [0.717, 1.165) is 26.0 Å². The number of hydrogen-bond donors (Lipinski definition) is 1. The molecular formula is C17H27NO. The van der Waals surface area contributed by atoms with Crippen molar-refractivity contribution in [1.29, 1.82) is 0 Å². The summed E-state index contributed by atoms with van der Waals surface area (Å²) in [5.74, 6) is 0.643. The Kier molecular flexibility index (Phi) is 5.41. The van der Waals surface area contributed by atoms with E-state index in [1.54, 1.807) is 0 Å². The molecule has 1 aliphatic rings. The maximum atomic E-state index is 6.03. The van der Waals surface area contributed by atoms with Crippen molar-refractivity contribution in [2.75, 3.05) is 13.2 Å². The summed E-state index contributed by atoms with van der Waals surface area (Å²) in [7, 11) is 0. The van der Waals surface area contributed by atoms with Gasteiger partial charge in [0.15, 0.2) is 0 Å². The molecule has 2 unspecified atom stereocenters. The van der Waals surface area contributed by atoms with Crippen LogP contribution >= 0.6 is 0 Å². The first kappa shape index (κ1) is 14.5. The van der Waals surface area contributed by atoms with Crippen molar-refractivity contribution in [3.05, 3.63) is 35.4 Å². The summed E-state index contributed by atoms with van der Waals surface area (Å²) in [4.78, 5) is 0. The number of hydrogen-bond acceptors (Lipinski definition) is 2. The van der Waals surface area contributed by atoms with Crippen LogP contribution in [-0.2, 0) is 11.2 Å². The van der Waals surface area contributed by atoms with Gasteiger partial charge in [0, 0.05) is 6.04 Å². The first-order valence-corrected chi connectivity index (χ1v) is 7.65. The molecule has 0 fully saturated rings. The average molecular weight is 261 g/mol. The number of rotatable bonds is 6. The van der Waals surface area contributed by atoms with Gasteiger partial charge in [0.05, 0.1) is 12.7 Å². The van der Waals surface area contributed by atoms with Crippen LogP contribution < -0.4 is 5.32 Å². The van der Waals surface area contributed by atoms with Crippen molar-refractivity contribution in [2.24, 2.45) is 5.92 Å². The van der Waals surface area contributed by atoms with Crippen LogP contribution in [0.5, 0.6) is 0 Å². The quantitative estimate of drug-likeness (QED) is 0.843. The molecule has 1 N–H and O–H groups in total. The van der Waals surface area contributed by atoms with Crippen molar-refractivity contribution in [3.8, 4) is 0 Å². The van der Waals surface area contributed by atoms with Gasteiger partial charge >= 0.3 is 0 Å². The highest BCUT2D eigenvalue weighted by Gasteiger charge is 2.25. The molecule has 0 saturated heterocycles. The molecule has 0 bridgehead atoms. The van der Waals surface area contributed by atoms with Crippen molar-refractivity contribution in [3.63, 3.8) is 0 Å². The molecule has 0 amide bonds. The van der Waals surface area contributed by atoms with Gasteiger partial charge in [-0.2, -0.15) is 0 Å². The highest BCUT2D eigenvalue weighted by molar-refractivity contribution is 5.31. The summed E-state index contributed by atoms with van der Waals surface area (Å²) in [6.07, 6.45) is 3.59. The average Bonchev–Trinajstić information content (AvgIpc) is 2.43. The number of ether oxygens (including phenoxy) is 1. The normalized spacial score (nSPS) is 20.3. The largest absolute Gasteiger partial charge is 0.373 e. The fraction of sp³-hybridized carbons (Fsp3) is 0.647. The lowest BCUT2D eigenvalue weighted by atomic mass is 9.90. The maximum Gasteiger partial charge on any atom is 0.0842 e. The highest BCUT2D eigenvalue weighted by atomic mass is 16.5. The van der Waals surface area contributed by atoms with Crippen LogP contribution in [0.25, 0.3) is 0 Å². The summed E-state index contributed by atoms with van der Waals surface area (Å²) in [6.45, 7) is 8.76. The summed E-state index contributed by atoms with van der Waals surface area (Å²) in [5.41, 5.74) is 2.87. The molecule has 1 heterocycles. The summed E-state index contributed by atoms with van der Waals surface area (Å²) in [6, 6.07) is 9.28. The monoisotopic (exact) mass is 261 g/mol. The Morgan fingerprint density at radius 3 is 2.84 bits per heavy atom. The lowest BCUT2D eigenvalue weighted by Gasteiger charge is -2.31. The maximum absolute atomic E-state index is 6.03. The van der Waals surface area contributed by atoms with Crippen molar-refractivity contribution in [1.82, 2.24) is 5.32 Å². The molecule has 19 heavy (non-hydrogen) atoms. The van der Waals surface area contributed by atoms with E-state index in [0.29, 0.717) is 12.0 Å². The molecule has 2 nitrogen and oxygen atoms in total. The van der Waals surface area contributed by atoms with Crippen LogP contribution in [0.1, 0.15) is 50.8 Å². The van der Waals surface area contributed by atoms with Gasteiger partial charge in [-0.05, 0) is 42.9 Å². The molecule has 2 heteroatoms. The third-order valence-corrected chi connectivity index (χ3v) is 4.02. The zero-order valence-corrected chi connectivity index (χ0v) is 12.5. The topological polar surface area (TPSA) is 21.3 Å². The van der Waals surface area contributed by atoms with Crippen LogP contribution in [0.4, 0.5) is 0 Å². The van der Waals surface area contributed by atoms with Crippen molar-refractivity contribution >= 4 is 0 Å². The summed E-state index contributed by atoms with van der Waals surface area (Å²) < 4.78 is 6.03. The second kappa shape index (κ2) is 7.06. The van der Waals surface area contributed by atoms with Crippen LogP contribution in [0.2, 0.25) is 0 Å². The molecule has 2 atom stereocenters. The van der Waals surface area contributed by atoms with E-state index in [4.69, 9.17) is 4.74 Å². The van der Waals surface area contributed by atoms with Gasteiger partial charge in [-0.3, -0.25) is 0 Å². The minimum absolute atomic E-state index is 0.265. The van der Waals surface area contributed by atoms with Crippen molar-refractivity contribution < 1.29 is 4.74 Å². The Balaban J connectivity index is 2.05. The second-order valence-corrected chi connectivity index (χ2v) is 5.85. The van der Waals surface area contributed by atoms with Gasteiger partial charge in [0.1, 0.15) is 0 Å². The van der Waals surface area contributed by atoms with Crippen molar-refractivity contribution in [2.45, 2.75) is 52.2 Å². The Morgan fingerprint density at radius 2 is 2.11 bits per heavy atom. The third kappa shape index (κ3) is 3.80. The van der Waals surface area contributed by atoms with E-state index in [1.165, 1.54) is 17.5 Å². The fourth-order valence-electron chi connectivity index (χ4n) is 2.82. The zero-order chi connectivity index (χ0) is 13.7.